The van der Waals surface area contributed by atoms with E-state index in [0.717, 1.165) is 0 Å². The maximum Gasteiger partial charge on any atom is 0.335 e. The molecule has 1 N–H and O–H groups in total. The molecule has 0 aliphatic rings. The lowest BCUT2D eigenvalue weighted by Crippen LogP contribution is -2.08. The topological polar surface area (TPSA) is 55.8 Å². The van der Waals surface area contributed by atoms with Crippen LogP contribution in [0.5, 0.6) is 11.5 Å². The second kappa shape index (κ2) is 4.68. The number of methoxy groups -OCH3 is 1. The quantitative estimate of drug-likeness (QED) is 0.827. The molecule has 4 heteroatoms. The van der Waals surface area contributed by atoms with Gasteiger partial charge in [0.05, 0.1) is 18.8 Å². The highest BCUT2D eigenvalue weighted by Gasteiger charge is 2.10. The van der Waals surface area contributed by atoms with Gasteiger partial charge in [-0.2, -0.15) is 0 Å². The number of ether oxygens (including phenoxy) is 2. The van der Waals surface area contributed by atoms with E-state index in [0.29, 0.717) is 11.5 Å². The monoisotopic (exact) mass is 210 g/mol. The van der Waals surface area contributed by atoms with Gasteiger partial charge in [0.2, 0.25) is 0 Å². The summed E-state index contributed by atoms with van der Waals surface area (Å²) in [5.41, 5.74) is 0.187. The first-order valence-electron chi connectivity index (χ1n) is 4.62. The lowest BCUT2D eigenvalue weighted by molar-refractivity contribution is 0.0696. The van der Waals surface area contributed by atoms with Gasteiger partial charge >= 0.3 is 5.97 Å². The molecule has 0 saturated heterocycles. The fourth-order valence-corrected chi connectivity index (χ4v) is 1.16. The van der Waals surface area contributed by atoms with E-state index in [1.54, 1.807) is 6.07 Å². The Balaban J connectivity index is 3.07. The molecule has 15 heavy (non-hydrogen) atoms. The standard InChI is InChI=1S/C11H14O4/c1-7(2)15-10-6-8(11(12)13)4-5-9(10)14-3/h4-7H,1-3H3,(H,12,13). The van der Waals surface area contributed by atoms with Crippen molar-refractivity contribution in [2.45, 2.75) is 20.0 Å². The summed E-state index contributed by atoms with van der Waals surface area (Å²) in [5, 5.41) is 8.81. The van der Waals surface area contributed by atoms with Gasteiger partial charge in [0.15, 0.2) is 11.5 Å². The first kappa shape index (κ1) is 11.4. The van der Waals surface area contributed by atoms with Gasteiger partial charge < -0.3 is 14.6 Å². The van der Waals surface area contributed by atoms with Crippen LogP contribution in [0.1, 0.15) is 24.2 Å². The number of hydrogen-bond donors (Lipinski definition) is 1. The second-order valence-electron chi connectivity index (χ2n) is 3.34. The molecule has 0 spiro atoms. The summed E-state index contributed by atoms with van der Waals surface area (Å²) >= 11 is 0. The normalized spacial score (nSPS) is 10.1. The van der Waals surface area contributed by atoms with Crippen LogP contribution >= 0.6 is 0 Å². The summed E-state index contributed by atoms with van der Waals surface area (Å²) in [6.45, 7) is 3.74. The first-order chi connectivity index (χ1) is 7.04. The number of benzene rings is 1. The molecule has 0 atom stereocenters. The molecule has 0 aliphatic carbocycles. The Kier molecular flexibility index (Phi) is 3.55. The predicted molar refractivity (Wildman–Crippen MR) is 55.7 cm³/mol. The van der Waals surface area contributed by atoms with Crippen molar-refractivity contribution < 1.29 is 19.4 Å². The minimum Gasteiger partial charge on any atom is -0.493 e. The van der Waals surface area contributed by atoms with E-state index < -0.39 is 5.97 Å². The van der Waals surface area contributed by atoms with Crippen LogP contribution < -0.4 is 9.47 Å². The summed E-state index contributed by atoms with van der Waals surface area (Å²) in [6.07, 6.45) is -0.0251. The summed E-state index contributed by atoms with van der Waals surface area (Å²) in [7, 11) is 1.52. The van der Waals surface area contributed by atoms with Crippen molar-refractivity contribution in [3.8, 4) is 11.5 Å². The Labute approximate surface area is 88.4 Å². The molecule has 0 aromatic heterocycles. The van der Waals surface area contributed by atoms with Gasteiger partial charge in [-0.05, 0) is 32.0 Å². The highest BCUT2D eigenvalue weighted by atomic mass is 16.5. The van der Waals surface area contributed by atoms with E-state index in [2.05, 4.69) is 0 Å². The van der Waals surface area contributed by atoms with Crippen LogP contribution in [0.2, 0.25) is 0 Å². The molecule has 1 rings (SSSR count). The van der Waals surface area contributed by atoms with Crippen LogP contribution in [-0.4, -0.2) is 24.3 Å². The van der Waals surface area contributed by atoms with Crippen molar-refractivity contribution in [3.63, 3.8) is 0 Å². The molecule has 4 nitrogen and oxygen atoms in total. The largest absolute Gasteiger partial charge is 0.493 e. The highest BCUT2D eigenvalue weighted by Crippen LogP contribution is 2.28. The molecule has 82 valence electrons. The van der Waals surface area contributed by atoms with Gasteiger partial charge in [-0.15, -0.1) is 0 Å². The Morgan fingerprint density at radius 3 is 2.47 bits per heavy atom. The van der Waals surface area contributed by atoms with Crippen LogP contribution in [0.4, 0.5) is 0 Å². The van der Waals surface area contributed by atoms with Gasteiger partial charge in [-0.3, -0.25) is 0 Å². The zero-order valence-corrected chi connectivity index (χ0v) is 8.98. The number of aromatic carboxylic acids is 1. The Bertz CT molecular complexity index is 358. The Morgan fingerprint density at radius 2 is 2.00 bits per heavy atom. The summed E-state index contributed by atoms with van der Waals surface area (Å²) < 4.78 is 10.5. The molecule has 1 aromatic rings. The summed E-state index contributed by atoms with van der Waals surface area (Å²) in [5.74, 6) is 0.00681. The van der Waals surface area contributed by atoms with E-state index >= 15 is 0 Å². The van der Waals surface area contributed by atoms with E-state index in [1.807, 2.05) is 13.8 Å². The number of carboxylic acids is 1. The van der Waals surface area contributed by atoms with Crippen LogP contribution in [0.15, 0.2) is 18.2 Å². The Morgan fingerprint density at radius 1 is 1.33 bits per heavy atom. The Hall–Kier alpha value is -1.71. The molecule has 0 saturated carbocycles. The second-order valence-corrected chi connectivity index (χ2v) is 3.34. The molecule has 1 aromatic carbocycles. The van der Waals surface area contributed by atoms with Crippen molar-refractivity contribution in [1.82, 2.24) is 0 Å². The molecular weight excluding hydrogens is 196 g/mol. The van der Waals surface area contributed by atoms with Crippen LogP contribution in [-0.2, 0) is 0 Å². The number of hydrogen-bond acceptors (Lipinski definition) is 3. The van der Waals surface area contributed by atoms with E-state index in [1.165, 1.54) is 19.2 Å². The van der Waals surface area contributed by atoms with Crippen molar-refractivity contribution in [2.24, 2.45) is 0 Å². The van der Waals surface area contributed by atoms with Crippen molar-refractivity contribution in [1.29, 1.82) is 0 Å². The van der Waals surface area contributed by atoms with Gasteiger partial charge in [-0.25, -0.2) is 4.79 Å². The van der Waals surface area contributed by atoms with Gasteiger partial charge in [0, 0.05) is 0 Å². The molecule has 0 heterocycles. The van der Waals surface area contributed by atoms with Crippen LogP contribution in [0, 0.1) is 0 Å². The smallest absolute Gasteiger partial charge is 0.335 e. The third-order valence-electron chi connectivity index (χ3n) is 1.77. The molecular formula is C11H14O4. The number of rotatable bonds is 4. The fraction of sp³-hybridized carbons (Fsp3) is 0.364. The zero-order valence-electron chi connectivity index (χ0n) is 8.98. The van der Waals surface area contributed by atoms with Crippen LogP contribution in [0.3, 0.4) is 0 Å². The van der Waals surface area contributed by atoms with Crippen molar-refractivity contribution in [3.05, 3.63) is 23.8 Å². The molecule has 0 fully saturated rings. The molecule has 0 unspecified atom stereocenters. The molecule has 0 amide bonds. The molecule has 0 bridgehead atoms. The van der Waals surface area contributed by atoms with Gasteiger partial charge in [0.1, 0.15) is 0 Å². The SMILES string of the molecule is COc1ccc(C(=O)O)cc1OC(C)C. The molecule has 0 aliphatic heterocycles. The third-order valence-corrected chi connectivity index (χ3v) is 1.77. The van der Waals surface area contributed by atoms with Crippen molar-refractivity contribution in [2.75, 3.05) is 7.11 Å². The average Bonchev–Trinajstić information content (AvgIpc) is 2.16. The lowest BCUT2D eigenvalue weighted by atomic mass is 10.2. The predicted octanol–water partition coefficient (Wildman–Crippen LogP) is 2.18. The van der Waals surface area contributed by atoms with Gasteiger partial charge in [0.25, 0.3) is 0 Å². The fourth-order valence-electron chi connectivity index (χ4n) is 1.16. The maximum absolute atomic E-state index is 10.7. The molecule has 0 radical (unpaired) electrons. The number of carbonyl (C=O) groups is 1. The van der Waals surface area contributed by atoms with Gasteiger partial charge in [-0.1, -0.05) is 0 Å². The van der Waals surface area contributed by atoms with Crippen molar-refractivity contribution >= 4 is 5.97 Å². The third kappa shape index (κ3) is 2.87. The summed E-state index contributed by atoms with van der Waals surface area (Å²) in [6, 6.07) is 4.52. The summed E-state index contributed by atoms with van der Waals surface area (Å²) in [4.78, 5) is 10.7. The average molecular weight is 210 g/mol. The van der Waals surface area contributed by atoms with E-state index in [9.17, 15) is 4.79 Å². The first-order valence-corrected chi connectivity index (χ1v) is 4.62. The van der Waals surface area contributed by atoms with Crippen LogP contribution in [0.25, 0.3) is 0 Å². The lowest BCUT2D eigenvalue weighted by Gasteiger charge is -2.13. The highest BCUT2D eigenvalue weighted by molar-refractivity contribution is 5.88. The van der Waals surface area contributed by atoms with E-state index in [-0.39, 0.29) is 11.7 Å². The minimum absolute atomic E-state index is 0.0251. The maximum atomic E-state index is 10.7. The van der Waals surface area contributed by atoms with E-state index in [4.69, 9.17) is 14.6 Å². The minimum atomic E-state index is -0.980. The zero-order chi connectivity index (χ0) is 11.4. The number of carboxylic acid groups (broad SMARTS) is 1.